The van der Waals surface area contributed by atoms with Crippen LogP contribution in [0.4, 0.5) is 8.78 Å². The molecule has 0 aliphatic heterocycles. The van der Waals surface area contributed by atoms with Crippen molar-refractivity contribution in [1.29, 1.82) is 0 Å². The Hall–Kier alpha value is -1.58. The van der Waals surface area contributed by atoms with E-state index < -0.39 is 11.6 Å². The quantitative estimate of drug-likeness (QED) is 0.729. The molecule has 0 aliphatic carbocycles. The van der Waals surface area contributed by atoms with Crippen LogP contribution >= 0.6 is 0 Å². The topological polar surface area (TPSA) is 38.0 Å². The Morgan fingerprint density at radius 1 is 1.46 bits per heavy atom. The summed E-state index contributed by atoms with van der Waals surface area (Å²) in [6, 6.07) is 3.26. The maximum absolute atomic E-state index is 13.0. The molecule has 2 nitrogen and oxygen atoms in total. The number of nitrogens with one attached hydrogen (secondary N) is 1. The number of hydrogen-bond donors (Lipinski definition) is 2. The van der Waals surface area contributed by atoms with E-state index in [0.29, 0.717) is 0 Å². The molecule has 1 rings (SSSR count). The molecule has 0 aromatic heterocycles. The largest absolute Gasteiger partial charge is 0.397 e. The van der Waals surface area contributed by atoms with Gasteiger partial charge in [0, 0.05) is 24.9 Å². The van der Waals surface area contributed by atoms with Crippen LogP contribution in [0.15, 0.2) is 24.4 Å². The second kappa shape index (κ2) is 3.89. The van der Waals surface area contributed by atoms with Gasteiger partial charge in [0.1, 0.15) is 11.6 Å². The van der Waals surface area contributed by atoms with Crippen LogP contribution in [-0.2, 0) is 0 Å². The molecule has 0 atom stereocenters. The van der Waals surface area contributed by atoms with E-state index in [1.807, 2.05) is 0 Å². The third-order valence-corrected chi connectivity index (χ3v) is 1.54. The molecule has 3 N–H and O–H groups in total. The van der Waals surface area contributed by atoms with Crippen molar-refractivity contribution in [2.45, 2.75) is 0 Å². The van der Waals surface area contributed by atoms with Gasteiger partial charge in [-0.2, -0.15) is 0 Å². The molecule has 4 heteroatoms. The Balaban J connectivity index is 3.09. The van der Waals surface area contributed by atoms with E-state index in [9.17, 15) is 8.78 Å². The maximum Gasteiger partial charge on any atom is 0.135 e. The summed E-state index contributed by atoms with van der Waals surface area (Å²) >= 11 is 0. The van der Waals surface area contributed by atoms with Gasteiger partial charge in [-0.15, -0.1) is 0 Å². The Kier molecular flexibility index (Phi) is 2.84. The highest BCUT2D eigenvalue weighted by molar-refractivity contribution is 5.62. The molecular formula is C9H10F2N2. The number of halogens is 2. The molecule has 0 saturated carbocycles. The van der Waals surface area contributed by atoms with Crippen molar-refractivity contribution in [1.82, 2.24) is 5.32 Å². The molecule has 0 fully saturated rings. The minimum atomic E-state index is -0.663. The molecule has 70 valence electrons. The normalized spacial score (nSPS) is 11.5. The fraction of sp³-hybridized carbons (Fsp3) is 0.111. The zero-order valence-electron chi connectivity index (χ0n) is 7.14. The van der Waals surface area contributed by atoms with E-state index in [2.05, 4.69) is 5.32 Å². The second-order valence-corrected chi connectivity index (χ2v) is 2.51. The van der Waals surface area contributed by atoms with Crippen LogP contribution in [0, 0.1) is 11.6 Å². The first-order chi connectivity index (χ1) is 6.15. The lowest BCUT2D eigenvalue weighted by Crippen LogP contribution is -2.05. The highest BCUT2D eigenvalue weighted by atomic mass is 19.1. The minimum absolute atomic E-state index is 0.191. The van der Waals surface area contributed by atoms with E-state index in [-0.39, 0.29) is 11.3 Å². The SMILES string of the molecule is CN/C=C(\N)c1ccc(F)cc1F. The van der Waals surface area contributed by atoms with Gasteiger partial charge in [-0.3, -0.25) is 0 Å². The van der Waals surface area contributed by atoms with Crippen molar-refractivity contribution >= 4 is 5.70 Å². The van der Waals surface area contributed by atoms with Gasteiger partial charge in [0.2, 0.25) is 0 Å². The highest BCUT2D eigenvalue weighted by Gasteiger charge is 2.05. The summed E-state index contributed by atoms with van der Waals surface area (Å²) in [6.07, 6.45) is 1.44. The zero-order valence-corrected chi connectivity index (χ0v) is 7.14. The predicted molar refractivity (Wildman–Crippen MR) is 47.6 cm³/mol. The van der Waals surface area contributed by atoms with Gasteiger partial charge in [-0.1, -0.05) is 0 Å². The van der Waals surface area contributed by atoms with Crippen molar-refractivity contribution in [3.8, 4) is 0 Å². The Bertz CT molecular complexity index is 334. The summed E-state index contributed by atoms with van der Waals surface area (Å²) in [7, 11) is 1.65. The van der Waals surface area contributed by atoms with E-state index in [4.69, 9.17) is 5.73 Å². The van der Waals surface area contributed by atoms with Gasteiger partial charge in [0.05, 0.1) is 5.70 Å². The molecule has 0 bridgehead atoms. The van der Waals surface area contributed by atoms with Crippen LogP contribution < -0.4 is 11.1 Å². The number of hydrogen-bond acceptors (Lipinski definition) is 2. The Morgan fingerprint density at radius 2 is 2.15 bits per heavy atom. The lowest BCUT2D eigenvalue weighted by molar-refractivity contribution is 0.580. The van der Waals surface area contributed by atoms with Crippen LogP contribution in [-0.4, -0.2) is 7.05 Å². The summed E-state index contributed by atoms with van der Waals surface area (Å²) in [6.45, 7) is 0. The number of nitrogens with two attached hydrogens (primary N) is 1. The lowest BCUT2D eigenvalue weighted by atomic mass is 10.1. The van der Waals surface area contributed by atoms with Crippen molar-refractivity contribution in [3.63, 3.8) is 0 Å². The Morgan fingerprint density at radius 3 is 2.69 bits per heavy atom. The van der Waals surface area contributed by atoms with Crippen LogP contribution in [0.5, 0.6) is 0 Å². The summed E-state index contributed by atoms with van der Waals surface area (Å²) in [5.41, 5.74) is 5.92. The summed E-state index contributed by atoms with van der Waals surface area (Å²) in [5, 5.41) is 2.66. The molecule has 0 unspecified atom stereocenters. The third kappa shape index (κ3) is 2.18. The molecular weight excluding hydrogens is 174 g/mol. The molecule has 13 heavy (non-hydrogen) atoms. The molecule has 0 heterocycles. The first kappa shape index (κ1) is 9.51. The zero-order chi connectivity index (χ0) is 9.84. The molecule has 1 aromatic carbocycles. The van der Waals surface area contributed by atoms with Crippen LogP contribution in [0.3, 0.4) is 0 Å². The van der Waals surface area contributed by atoms with Crippen molar-refractivity contribution in [2.24, 2.45) is 5.73 Å². The van der Waals surface area contributed by atoms with Gasteiger partial charge in [-0.05, 0) is 12.1 Å². The first-order valence-corrected chi connectivity index (χ1v) is 3.73. The number of rotatable bonds is 2. The average molecular weight is 184 g/mol. The number of benzene rings is 1. The van der Waals surface area contributed by atoms with Gasteiger partial charge in [-0.25, -0.2) is 8.78 Å². The molecule has 0 saturated heterocycles. The lowest BCUT2D eigenvalue weighted by Gasteiger charge is -2.02. The van der Waals surface area contributed by atoms with Crippen LogP contribution in [0.1, 0.15) is 5.56 Å². The van der Waals surface area contributed by atoms with E-state index in [0.717, 1.165) is 12.1 Å². The van der Waals surface area contributed by atoms with Crippen molar-refractivity contribution < 1.29 is 8.78 Å². The van der Waals surface area contributed by atoms with Gasteiger partial charge >= 0.3 is 0 Å². The van der Waals surface area contributed by atoms with E-state index in [1.165, 1.54) is 12.3 Å². The van der Waals surface area contributed by atoms with Crippen molar-refractivity contribution in [3.05, 3.63) is 41.6 Å². The van der Waals surface area contributed by atoms with E-state index in [1.54, 1.807) is 7.05 Å². The Labute approximate surface area is 75.1 Å². The average Bonchev–Trinajstić information content (AvgIpc) is 2.04. The third-order valence-electron chi connectivity index (χ3n) is 1.54. The molecule has 0 amide bonds. The molecule has 0 spiro atoms. The summed E-state index contributed by atoms with van der Waals surface area (Å²) in [5.74, 6) is -1.28. The van der Waals surface area contributed by atoms with Crippen LogP contribution in [0.25, 0.3) is 5.70 Å². The smallest absolute Gasteiger partial charge is 0.135 e. The predicted octanol–water partition coefficient (Wildman–Crippen LogP) is 1.44. The highest BCUT2D eigenvalue weighted by Crippen LogP contribution is 2.14. The minimum Gasteiger partial charge on any atom is -0.397 e. The molecule has 0 radical (unpaired) electrons. The van der Waals surface area contributed by atoms with Gasteiger partial charge in [0.25, 0.3) is 0 Å². The summed E-state index contributed by atoms with van der Waals surface area (Å²) in [4.78, 5) is 0. The second-order valence-electron chi connectivity index (χ2n) is 2.51. The van der Waals surface area contributed by atoms with Gasteiger partial charge < -0.3 is 11.1 Å². The van der Waals surface area contributed by atoms with Crippen molar-refractivity contribution in [2.75, 3.05) is 7.05 Å². The maximum atomic E-state index is 13.0. The molecule has 0 aliphatic rings. The monoisotopic (exact) mass is 184 g/mol. The van der Waals surface area contributed by atoms with E-state index >= 15 is 0 Å². The first-order valence-electron chi connectivity index (χ1n) is 3.73. The fourth-order valence-electron chi connectivity index (χ4n) is 0.957. The standard InChI is InChI=1S/C9H10F2N2/c1-13-5-9(12)7-3-2-6(10)4-8(7)11/h2-5,13H,12H2,1H3/b9-5-. The fourth-order valence-corrected chi connectivity index (χ4v) is 0.957. The molecule has 1 aromatic rings. The van der Waals surface area contributed by atoms with Crippen LogP contribution in [0.2, 0.25) is 0 Å². The van der Waals surface area contributed by atoms with Gasteiger partial charge in [0.15, 0.2) is 0 Å². The summed E-state index contributed by atoms with van der Waals surface area (Å²) < 4.78 is 25.5.